The van der Waals surface area contributed by atoms with Crippen LogP contribution in [0.25, 0.3) is 0 Å². The van der Waals surface area contributed by atoms with E-state index in [9.17, 15) is 9.59 Å². The van der Waals surface area contributed by atoms with Gasteiger partial charge in [0.15, 0.2) is 0 Å². The summed E-state index contributed by atoms with van der Waals surface area (Å²) in [5.74, 6) is -0.323. The van der Waals surface area contributed by atoms with Crippen LogP contribution in [0.15, 0.2) is 24.3 Å². The molecule has 0 aliphatic carbocycles. The van der Waals surface area contributed by atoms with E-state index in [0.29, 0.717) is 12.2 Å². The first-order valence-electron chi connectivity index (χ1n) is 6.28. The molecule has 6 heteroatoms. The lowest BCUT2D eigenvalue weighted by atomic mass is 10.2. The topological polar surface area (TPSA) is 69.6 Å². The van der Waals surface area contributed by atoms with Crippen molar-refractivity contribution in [2.45, 2.75) is 19.4 Å². The van der Waals surface area contributed by atoms with Crippen molar-refractivity contribution in [2.75, 3.05) is 24.0 Å². The fourth-order valence-corrected chi connectivity index (χ4v) is 2.16. The number of thioether (sulfide) groups is 1. The summed E-state index contributed by atoms with van der Waals surface area (Å²) in [4.78, 5) is 24.6. The number of carbonyl (C=O) groups is 2. The van der Waals surface area contributed by atoms with Gasteiger partial charge < -0.3 is 10.4 Å². The highest BCUT2D eigenvalue weighted by molar-refractivity contribution is 7.98. The molecule has 0 unspecified atom stereocenters. The minimum atomic E-state index is -1.01. The van der Waals surface area contributed by atoms with E-state index in [0.717, 1.165) is 11.3 Å². The van der Waals surface area contributed by atoms with Crippen molar-refractivity contribution in [3.8, 4) is 0 Å². The molecule has 0 heterocycles. The molecule has 110 valence electrons. The van der Waals surface area contributed by atoms with Gasteiger partial charge in [0.05, 0.1) is 0 Å². The van der Waals surface area contributed by atoms with E-state index in [-0.39, 0.29) is 0 Å². The summed E-state index contributed by atoms with van der Waals surface area (Å²) in [7, 11) is 1.62. The lowest BCUT2D eigenvalue weighted by molar-refractivity contribution is -0.139. The van der Waals surface area contributed by atoms with E-state index in [1.807, 2.05) is 37.4 Å². The van der Waals surface area contributed by atoms with Crippen LogP contribution in [0.3, 0.4) is 0 Å². The van der Waals surface area contributed by atoms with Crippen molar-refractivity contribution < 1.29 is 14.7 Å². The van der Waals surface area contributed by atoms with Crippen LogP contribution in [0, 0.1) is 6.92 Å². The van der Waals surface area contributed by atoms with Crippen molar-refractivity contribution in [1.29, 1.82) is 0 Å². The molecule has 0 spiro atoms. The number of amides is 2. The van der Waals surface area contributed by atoms with Crippen molar-refractivity contribution in [3.05, 3.63) is 29.8 Å². The molecular formula is C14H20N2O3S. The predicted octanol–water partition coefficient (Wildman–Crippen LogP) is 2.35. The highest BCUT2D eigenvalue weighted by Crippen LogP contribution is 2.14. The summed E-state index contributed by atoms with van der Waals surface area (Å²) in [6.45, 7) is 1.94. The molecule has 0 fully saturated rings. The fourth-order valence-electron chi connectivity index (χ4n) is 1.69. The van der Waals surface area contributed by atoms with Crippen LogP contribution in [-0.4, -0.2) is 42.2 Å². The molecular weight excluding hydrogens is 276 g/mol. The van der Waals surface area contributed by atoms with Crippen LogP contribution in [0.1, 0.15) is 12.0 Å². The number of anilines is 1. The third-order valence-corrected chi connectivity index (χ3v) is 3.54. The van der Waals surface area contributed by atoms with Crippen molar-refractivity contribution in [1.82, 2.24) is 5.32 Å². The molecule has 1 atom stereocenters. The predicted molar refractivity (Wildman–Crippen MR) is 82.5 cm³/mol. The van der Waals surface area contributed by atoms with E-state index in [1.165, 1.54) is 4.90 Å². The zero-order valence-electron chi connectivity index (χ0n) is 11.9. The number of carboxylic acid groups (broad SMARTS) is 1. The second-order valence-electron chi connectivity index (χ2n) is 4.52. The molecule has 20 heavy (non-hydrogen) atoms. The van der Waals surface area contributed by atoms with Gasteiger partial charge in [0.25, 0.3) is 0 Å². The standard InChI is InChI=1S/C14H20N2O3S/c1-10-5-4-6-11(9-10)16(2)14(19)15-12(13(17)18)7-8-20-3/h4-6,9,12H,7-8H2,1-3H3,(H,15,19)(H,17,18)/t12-/m0/s1. The maximum absolute atomic E-state index is 12.1. The van der Waals surface area contributed by atoms with Crippen LogP contribution in [0.5, 0.6) is 0 Å². The molecule has 0 radical (unpaired) electrons. The average Bonchev–Trinajstić information content (AvgIpc) is 2.42. The molecule has 0 aromatic heterocycles. The molecule has 2 amide bonds. The number of hydrogen-bond donors (Lipinski definition) is 2. The van der Waals surface area contributed by atoms with Gasteiger partial charge >= 0.3 is 12.0 Å². The normalized spacial score (nSPS) is 11.8. The fraction of sp³-hybridized carbons (Fsp3) is 0.429. The number of aliphatic carboxylic acids is 1. The number of nitrogens with one attached hydrogen (secondary N) is 1. The highest BCUT2D eigenvalue weighted by Gasteiger charge is 2.21. The van der Waals surface area contributed by atoms with Gasteiger partial charge in [0.1, 0.15) is 6.04 Å². The molecule has 1 aromatic rings. The lowest BCUT2D eigenvalue weighted by Crippen LogP contribution is -2.47. The summed E-state index contributed by atoms with van der Waals surface area (Å²) in [6, 6.07) is 6.21. The van der Waals surface area contributed by atoms with Crippen molar-refractivity contribution in [2.24, 2.45) is 0 Å². The van der Waals surface area contributed by atoms with Crippen molar-refractivity contribution >= 4 is 29.4 Å². The van der Waals surface area contributed by atoms with E-state index >= 15 is 0 Å². The van der Waals surface area contributed by atoms with Gasteiger partial charge in [-0.3, -0.25) is 4.90 Å². The molecule has 2 N–H and O–H groups in total. The van der Waals surface area contributed by atoms with Crippen LogP contribution >= 0.6 is 11.8 Å². The first-order valence-corrected chi connectivity index (χ1v) is 7.67. The van der Waals surface area contributed by atoms with Gasteiger partial charge in [-0.2, -0.15) is 11.8 Å². The lowest BCUT2D eigenvalue weighted by Gasteiger charge is -2.21. The number of carboxylic acids is 1. The van der Waals surface area contributed by atoms with E-state index in [1.54, 1.807) is 18.8 Å². The Morgan fingerprint density at radius 3 is 2.70 bits per heavy atom. The van der Waals surface area contributed by atoms with Gasteiger partial charge in [0, 0.05) is 12.7 Å². The molecule has 5 nitrogen and oxygen atoms in total. The van der Waals surface area contributed by atoms with Crippen LogP contribution in [-0.2, 0) is 4.79 Å². The molecule has 1 rings (SSSR count). The Morgan fingerprint density at radius 2 is 2.15 bits per heavy atom. The van der Waals surface area contributed by atoms with Crippen LogP contribution in [0.4, 0.5) is 10.5 Å². The van der Waals surface area contributed by atoms with Gasteiger partial charge in [-0.05, 0) is 43.0 Å². The number of rotatable bonds is 6. The van der Waals surface area contributed by atoms with E-state index in [4.69, 9.17) is 5.11 Å². The van der Waals surface area contributed by atoms with E-state index in [2.05, 4.69) is 5.32 Å². The Labute approximate surface area is 123 Å². The molecule has 0 aliphatic rings. The summed E-state index contributed by atoms with van der Waals surface area (Å²) >= 11 is 1.55. The molecule has 1 aromatic carbocycles. The van der Waals surface area contributed by atoms with Gasteiger partial charge in [-0.25, -0.2) is 9.59 Å². The minimum absolute atomic E-state index is 0.407. The summed E-state index contributed by atoms with van der Waals surface area (Å²) in [5, 5.41) is 11.6. The van der Waals surface area contributed by atoms with Crippen LogP contribution < -0.4 is 10.2 Å². The molecule has 0 saturated carbocycles. The van der Waals surface area contributed by atoms with E-state index < -0.39 is 18.0 Å². The second-order valence-corrected chi connectivity index (χ2v) is 5.51. The summed E-state index contributed by atoms with van der Waals surface area (Å²) < 4.78 is 0. The maximum Gasteiger partial charge on any atom is 0.326 e. The minimum Gasteiger partial charge on any atom is -0.480 e. The Morgan fingerprint density at radius 1 is 1.45 bits per heavy atom. The number of nitrogens with zero attached hydrogens (tertiary/aromatic N) is 1. The Bertz CT molecular complexity index is 479. The quantitative estimate of drug-likeness (QED) is 0.845. The molecule has 0 saturated heterocycles. The summed E-state index contributed by atoms with van der Waals surface area (Å²) in [6.07, 6.45) is 2.31. The zero-order chi connectivity index (χ0) is 15.1. The first-order chi connectivity index (χ1) is 9.45. The van der Waals surface area contributed by atoms with Gasteiger partial charge in [-0.15, -0.1) is 0 Å². The monoisotopic (exact) mass is 296 g/mol. The summed E-state index contributed by atoms with van der Waals surface area (Å²) in [5.41, 5.74) is 1.77. The maximum atomic E-state index is 12.1. The second kappa shape index (κ2) is 7.79. The number of carbonyl (C=O) groups excluding carboxylic acids is 1. The number of aryl methyl sites for hydroxylation is 1. The Balaban J connectivity index is 2.70. The Kier molecular flexibility index (Phi) is 6.38. The average molecular weight is 296 g/mol. The Hall–Kier alpha value is -1.69. The van der Waals surface area contributed by atoms with Crippen LogP contribution in [0.2, 0.25) is 0 Å². The number of urea groups is 1. The molecule has 0 aliphatic heterocycles. The zero-order valence-corrected chi connectivity index (χ0v) is 12.7. The third-order valence-electron chi connectivity index (χ3n) is 2.90. The first kappa shape index (κ1) is 16.4. The smallest absolute Gasteiger partial charge is 0.326 e. The largest absolute Gasteiger partial charge is 0.480 e. The third kappa shape index (κ3) is 4.77. The van der Waals surface area contributed by atoms with Crippen molar-refractivity contribution in [3.63, 3.8) is 0 Å². The number of hydrogen-bond acceptors (Lipinski definition) is 3. The van der Waals surface area contributed by atoms with Gasteiger partial charge in [-0.1, -0.05) is 12.1 Å². The van der Waals surface area contributed by atoms with Gasteiger partial charge in [0.2, 0.25) is 0 Å². The highest BCUT2D eigenvalue weighted by atomic mass is 32.2. The SMILES string of the molecule is CSCC[C@H](NC(=O)N(C)c1cccc(C)c1)C(=O)O. The molecule has 0 bridgehead atoms. The number of benzene rings is 1.